The first-order valence-electron chi connectivity index (χ1n) is 6.27. The van der Waals surface area contributed by atoms with Crippen LogP contribution in [0.1, 0.15) is 6.42 Å². The first kappa shape index (κ1) is 12.0. The van der Waals surface area contributed by atoms with Gasteiger partial charge in [-0.1, -0.05) is 12.1 Å². The number of nitrogens with one attached hydrogen (secondary N) is 1. The van der Waals surface area contributed by atoms with Crippen LogP contribution in [-0.4, -0.2) is 29.2 Å². The minimum atomic E-state index is -0.295. The van der Waals surface area contributed by atoms with Crippen molar-refractivity contribution >= 4 is 0 Å². The summed E-state index contributed by atoms with van der Waals surface area (Å²) in [6.45, 7) is 1.75. The Labute approximate surface area is 110 Å². The van der Waals surface area contributed by atoms with Crippen molar-refractivity contribution in [1.82, 2.24) is 15.3 Å². The quantitative estimate of drug-likeness (QED) is 0.916. The van der Waals surface area contributed by atoms with Crippen molar-refractivity contribution in [2.45, 2.75) is 12.5 Å². The van der Waals surface area contributed by atoms with Gasteiger partial charge in [0, 0.05) is 24.5 Å². The van der Waals surface area contributed by atoms with Gasteiger partial charge in [-0.25, -0.2) is 14.4 Å². The summed E-state index contributed by atoms with van der Waals surface area (Å²) < 4.78 is 19.1. The first-order valence-corrected chi connectivity index (χ1v) is 6.27. The van der Waals surface area contributed by atoms with Crippen LogP contribution in [0.15, 0.2) is 36.7 Å². The van der Waals surface area contributed by atoms with Crippen LogP contribution in [0.5, 0.6) is 5.88 Å². The lowest BCUT2D eigenvalue weighted by Gasteiger charge is -2.14. The van der Waals surface area contributed by atoms with Crippen LogP contribution in [0.3, 0.4) is 0 Å². The highest BCUT2D eigenvalue weighted by Gasteiger charge is 2.19. The molecule has 0 radical (unpaired) electrons. The lowest BCUT2D eigenvalue weighted by atomic mass is 10.1. The minimum Gasteiger partial charge on any atom is -0.471 e. The van der Waals surface area contributed by atoms with Gasteiger partial charge >= 0.3 is 0 Å². The van der Waals surface area contributed by atoms with Gasteiger partial charge in [-0.3, -0.25) is 0 Å². The summed E-state index contributed by atoms with van der Waals surface area (Å²) in [6.07, 6.45) is 4.21. The Morgan fingerprint density at radius 3 is 2.95 bits per heavy atom. The van der Waals surface area contributed by atoms with Crippen molar-refractivity contribution in [1.29, 1.82) is 0 Å². The zero-order valence-electron chi connectivity index (χ0n) is 10.3. The molecule has 1 atom stereocenters. The minimum absolute atomic E-state index is 0.101. The molecule has 4 nitrogen and oxygen atoms in total. The molecule has 1 fully saturated rings. The van der Waals surface area contributed by atoms with E-state index in [0.717, 1.165) is 19.5 Å². The molecule has 2 heterocycles. The number of nitrogens with zero attached hydrogens (tertiary/aromatic N) is 2. The molecule has 1 aromatic heterocycles. The summed E-state index contributed by atoms with van der Waals surface area (Å²) in [5.74, 6) is 0.165. The highest BCUT2D eigenvalue weighted by atomic mass is 19.1. The number of benzene rings is 1. The molecule has 2 aromatic rings. The fourth-order valence-corrected chi connectivity index (χ4v) is 2.13. The molecule has 98 valence electrons. The van der Waals surface area contributed by atoms with Crippen LogP contribution in [0.2, 0.25) is 0 Å². The van der Waals surface area contributed by atoms with E-state index < -0.39 is 0 Å². The Balaban J connectivity index is 1.92. The second-order valence-corrected chi connectivity index (χ2v) is 4.45. The SMILES string of the molecule is Fc1cccc(-c2nccnc2OC2CCNC2)c1. The summed E-state index contributed by atoms with van der Waals surface area (Å²) in [7, 11) is 0. The second-order valence-electron chi connectivity index (χ2n) is 4.45. The first-order chi connectivity index (χ1) is 9.33. The van der Waals surface area contributed by atoms with E-state index >= 15 is 0 Å². The van der Waals surface area contributed by atoms with Gasteiger partial charge < -0.3 is 10.1 Å². The van der Waals surface area contributed by atoms with Crippen molar-refractivity contribution in [3.63, 3.8) is 0 Å². The summed E-state index contributed by atoms with van der Waals surface area (Å²) in [5.41, 5.74) is 1.25. The van der Waals surface area contributed by atoms with Gasteiger partial charge in [0.2, 0.25) is 5.88 Å². The predicted octanol–water partition coefficient (Wildman–Crippen LogP) is 2.02. The Morgan fingerprint density at radius 1 is 1.26 bits per heavy atom. The Kier molecular flexibility index (Phi) is 3.37. The number of rotatable bonds is 3. The predicted molar refractivity (Wildman–Crippen MR) is 69.3 cm³/mol. The molecule has 5 heteroatoms. The van der Waals surface area contributed by atoms with E-state index in [9.17, 15) is 4.39 Å². The fourth-order valence-electron chi connectivity index (χ4n) is 2.13. The lowest BCUT2D eigenvalue weighted by molar-refractivity contribution is 0.214. The number of aromatic nitrogens is 2. The maximum Gasteiger partial charge on any atom is 0.240 e. The zero-order valence-corrected chi connectivity index (χ0v) is 10.3. The molecule has 1 N–H and O–H groups in total. The van der Waals surface area contributed by atoms with Crippen molar-refractivity contribution in [3.8, 4) is 17.1 Å². The zero-order chi connectivity index (χ0) is 13.1. The van der Waals surface area contributed by atoms with Crippen molar-refractivity contribution in [2.75, 3.05) is 13.1 Å². The summed E-state index contributed by atoms with van der Waals surface area (Å²) >= 11 is 0. The molecule has 1 aromatic carbocycles. The van der Waals surface area contributed by atoms with Gasteiger partial charge in [0.15, 0.2) is 0 Å². The molecular formula is C14H14FN3O. The summed E-state index contributed by atoms with van der Waals surface area (Å²) in [5, 5.41) is 3.23. The smallest absolute Gasteiger partial charge is 0.240 e. The molecule has 0 aliphatic carbocycles. The molecule has 19 heavy (non-hydrogen) atoms. The third kappa shape index (κ3) is 2.71. The standard InChI is InChI=1S/C14H14FN3O/c15-11-3-1-2-10(8-11)13-14(18-7-6-17-13)19-12-4-5-16-9-12/h1-3,6-8,12,16H,4-5,9H2. The molecular weight excluding hydrogens is 245 g/mol. The Hall–Kier alpha value is -2.01. The molecule has 1 saturated heterocycles. The third-order valence-corrected chi connectivity index (χ3v) is 3.06. The van der Waals surface area contributed by atoms with Gasteiger partial charge in [0.05, 0.1) is 0 Å². The van der Waals surface area contributed by atoms with Gasteiger partial charge in [0.25, 0.3) is 0 Å². The summed E-state index contributed by atoms with van der Waals surface area (Å²) in [6, 6.07) is 6.29. The maximum absolute atomic E-state index is 13.3. The van der Waals surface area contributed by atoms with Crippen molar-refractivity contribution in [2.24, 2.45) is 0 Å². The van der Waals surface area contributed by atoms with Crippen molar-refractivity contribution < 1.29 is 9.13 Å². The van der Waals surface area contributed by atoms with E-state index in [1.807, 2.05) is 0 Å². The number of halogens is 1. The average Bonchev–Trinajstić information content (AvgIpc) is 2.92. The van der Waals surface area contributed by atoms with Crippen LogP contribution < -0.4 is 10.1 Å². The molecule has 1 aliphatic heterocycles. The van der Waals surface area contributed by atoms with E-state index in [0.29, 0.717) is 17.1 Å². The molecule has 3 rings (SSSR count). The van der Waals surface area contributed by atoms with Gasteiger partial charge in [-0.2, -0.15) is 0 Å². The van der Waals surface area contributed by atoms with Crippen LogP contribution in [0.25, 0.3) is 11.3 Å². The van der Waals surface area contributed by atoms with E-state index in [1.165, 1.54) is 12.1 Å². The van der Waals surface area contributed by atoms with Gasteiger partial charge in [0.1, 0.15) is 17.6 Å². The second kappa shape index (κ2) is 5.32. The summed E-state index contributed by atoms with van der Waals surface area (Å²) in [4.78, 5) is 8.47. The maximum atomic E-state index is 13.3. The normalized spacial score (nSPS) is 18.5. The van der Waals surface area contributed by atoms with E-state index in [-0.39, 0.29) is 11.9 Å². The van der Waals surface area contributed by atoms with Crippen LogP contribution in [-0.2, 0) is 0 Å². The van der Waals surface area contributed by atoms with Crippen LogP contribution in [0, 0.1) is 5.82 Å². The molecule has 0 bridgehead atoms. The van der Waals surface area contributed by atoms with Crippen LogP contribution in [0.4, 0.5) is 4.39 Å². The molecule has 1 unspecified atom stereocenters. The van der Waals surface area contributed by atoms with E-state index in [1.54, 1.807) is 24.5 Å². The third-order valence-electron chi connectivity index (χ3n) is 3.06. The number of hydrogen-bond donors (Lipinski definition) is 1. The lowest BCUT2D eigenvalue weighted by Crippen LogP contribution is -2.20. The van der Waals surface area contributed by atoms with E-state index in [4.69, 9.17) is 4.74 Å². The Morgan fingerprint density at radius 2 is 2.16 bits per heavy atom. The fraction of sp³-hybridized carbons (Fsp3) is 0.286. The number of ether oxygens (including phenoxy) is 1. The highest BCUT2D eigenvalue weighted by Crippen LogP contribution is 2.27. The monoisotopic (exact) mass is 259 g/mol. The average molecular weight is 259 g/mol. The van der Waals surface area contributed by atoms with Crippen molar-refractivity contribution in [3.05, 3.63) is 42.5 Å². The van der Waals surface area contributed by atoms with Gasteiger partial charge in [-0.15, -0.1) is 0 Å². The van der Waals surface area contributed by atoms with Crippen LogP contribution >= 0.6 is 0 Å². The van der Waals surface area contributed by atoms with E-state index in [2.05, 4.69) is 15.3 Å². The molecule has 0 spiro atoms. The highest BCUT2D eigenvalue weighted by molar-refractivity contribution is 5.63. The number of hydrogen-bond acceptors (Lipinski definition) is 4. The van der Waals surface area contributed by atoms with Gasteiger partial charge in [-0.05, 0) is 25.1 Å². The topological polar surface area (TPSA) is 47.0 Å². The molecule has 1 aliphatic rings. The largest absolute Gasteiger partial charge is 0.471 e. The Bertz CT molecular complexity index is 570. The molecule has 0 amide bonds. The molecule has 0 saturated carbocycles.